The molecule has 0 aromatic carbocycles. The summed E-state index contributed by atoms with van der Waals surface area (Å²) in [6, 6.07) is 0. The topological polar surface area (TPSA) is 44.7 Å². The number of hydrazone groups is 1. The Morgan fingerprint density at radius 1 is 1.80 bits per heavy atom. The molecule has 1 heterocycles. The summed E-state index contributed by atoms with van der Waals surface area (Å²) in [5.41, 5.74) is 0.170. The fourth-order valence-electron chi connectivity index (χ4n) is 0.652. The van der Waals surface area contributed by atoms with Gasteiger partial charge in [-0.3, -0.25) is 9.80 Å². The summed E-state index contributed by atoms with van der Waals surface area (Å²) >= 11 is 4.04. The van der Waals surface area contributed by atoms with E-state index in [2.05, 4.69) is 23.0 Å². The summed E-state index contributed by atoms with van der Waals surface area (Å²) in [6.07, 6.45) is 0. The molecule has 1 aliphatic heterocycles. The van der Waals surface area contributed by atoms with Crippen LogP contribution in [-0.2, 0) is 4.79 Å². The van der Waals surface area contributed by atoms with Crippen molar-refractivity contribution in [3.63, 3.8) is 0 Å². The number of hydrogen-bond donors (Lipinski definition) is 2. The maximum absolute atomic E-state index is 10.8. The van der Waals surface area contributed by atoms with Gasteiger partial charge in [0.25, 0.3) is 5.91 Å². The van der Waals surface area contributed by atoms with Gasteiger partial charge in [-0.15, -0.1) is 12.6 Å². The number of hydrogen-bond acceptors (Lipinski definition) is 4. The van der Waals surface area contributed by atoms with Gasteiger partial charge in [0.2, 0.25) is 0 Å². The molecule has 0 bridgehead atoms. The maximum Gasteiger partial charge on any atom is 0.269 e. The summed E-state index contributed by atoms with van der Waals surface area (Å²) < 4.78 is 0. The van der Waals surface area contributed by atoms with E-state index in [4.69, 9.17) is 0 Å². The smallest absolute Gasteiger partial charge is 0.269 e. The highest BCUT2D eigenvalue weighted by molar-refractivity contribution is 7.80. The highest BCUT2D eigenvalue weighted by Crippen LogP contribution is 2.03. The SMILES string of the molecule is CC1=NN(C)C(S)NC1=O. The Morgan fingerprint density at radius 3 is 2.90 bits per heavy atom. The number of amides is 1. The lowest BCUT2D eigenvalue weighted by Gasteiger charge is -2.26. The van der Waals surface area contributed by atoms with Crippen LogP contribution in [0.5, 0.6) is 0 Å². The molecule has 0 aromatic rings. The molecular formula is C5H9N3OS. The second kappa shape index (κ2) is 2.49. The lowest BCUT2D eigenvalue weighted by molar-refractivity contribution is -0.116. The van der Waals surface area contributed by atoms with Crippen molar-refractivity contribution < 1.29 is 4.79 Å². The molecule has 0 saturated heterocycles. The zero-order valence-corrected chi connectivity index (χ0v) is 6.72. The molecule has 1 unspecified atom stereocenters. The minimum atomic E-state index is -0.295. The molecule has 1 aliphatic rings. The largest absolute Gasteiger partial charge is 0.321 e. The Hall–Kier alpha value is -0.710. The van der Waals surface area contributed by atoms with Crippen LogP contribution < -0.4 is 5.32 Å². The van der Waals surface area contributed by atoms with Crippen molar-refractivity contribution in [2.75, 3.05) is 7.05 Å². The summed E-state index contributed by atoms with van der Waals surface area (Å²) in [6.45, 7) is 1.66. The van der Waals surface area contributed by atoms with Crippen LogP contribution in [0.25, 0.3) is 0 Å². The van der Waals surface area contributed by atoms with E-state index in [-0.39, 0.29) is 11.4 Å². The van der Waals surface area contributed by atoms with Crippen LogP contribution in [0.3, 0.4) is 0 Å². The number of nitrogens with one attached hydrogen (secondary N) is 1. The zero-order valence-electron chi connectivity index (χ0n) is 5.83. The monoisotopic (exact) mass is 159 g/mol. The number of carbonyl (C=O) groups excluding carboxylic acids is 1. The summed E-state index contributed by atoms with van der Waals surface area (Å²) in [5.74, 6) is -0.155. The van der Waals surface area contributed by atoms with Gasteiger partial charge in [-0.25, -0.2) is 0 Å². The van der Waals surface area contributed by atoms with Crippen molar-refractivity contribution >= 4 is 24.2 Å². The van der Waals surface area contributed by atoms with Gasteiger partial charge in [-0.2, -0.15) is 5.10 Å². The Balaban J connectivity index is 2.79. The fraction of sp³-hybridized carbons (Fsp3) is 0.600. The highest BCUT2D eigenvalue weighted by atomic mass is 32.1. The molecule has 0 spiro atoms. The highest BCUT2D eigenvalue weighted by Gasteiger charge is 2.19. The van der Waals surface area contributed by atoms with Crippen molar-refractivity contribution in [2.24, 2.45) is 5.10 Å². The summed E-state index contributed by atoms with van der Waals surface area (Å²) in [7, 11) is 1.75. The van der Waals surface area contributed by atoms with Crippen molar-refractivity contribution in [2.45, 2.75) is 12.4 Å². The van der Waals surface area contributed by atoms with Gasteiger partial charge >= 0.3 is 0 Å². The molecular weight excluding hydrogens is 150 g/mol. The van der Waals surface area contributed by atoms with Crippen LogP contribution in [0, 0.1) is 0 Å². The molecule has 0 radical (unpaired) electrons. The first-order valence-corrected chi connectivity index (χ1v) is 3.40. The Morgan fingerprint density at radius 2 is 2.40 bits per heavy atom. The van der Waals surface area contributed by atoms with Crippen LogP contribution in [0.2, 0.25) is 0 Å². The van der Waals surface area contributed by atoms with Gasteiger partial charge in [0, 0.05) is 7.05 Å². The predicted octanol–water partition coefficient (Wildman–Crippen LogP) is -0.363. The van der Waals surface area contributed by atoms with Gasteiger partial charge in [0.1, 0.15) is 5.71 Å². The quantitative estimate of drug-likeness (QED) is 0.474. The predicted molar refractivity (Wildman–Crippen MR) is 41.8 cm³/mol. The standard InChI is InChI=1S/C5H9N3OS/c1-3-4(9)6-5(10)8(2)7-3/h5,10H,1-2H3,(H,6,9). The summed E-state index contributed by atoms with van der Waals surface area (Å²) in [5, 5.41) is 8.09. The van der Waals surface area contributed by atoms with E-state index >= 15 is 0 Å². The first kappa shape index (κ1) is 7.40. The van der Waals surface area contributed by atoms with E-state index in [0.717, 1.165) is 0 Å². The number of nitrogens with zero attached hydrogens (tertiary/aromatic N) is 2. The second-order valence-electron chi connectivity index (χ2n) is 2.11. The van der Waals surface area contributed by atoms with Crippen molar-refractivity contribution in [1.82, 2.24) is 10.3 Å². The third kappa shape index (κ3) is 1.23. The average Bonchev–Trinajstić information content (AvgIpc) is 1.84. The van der Waals surface area contributed by atoms with Crippen LogP contribution in [-0.4, -0.2) is 29.2 Å². The molecule has 0 fully saturated rings. The molecule has 10 heavy (non-hydrogen) atoms. The first-order chi connectivity index (χ1) is 4.61. The van der Waals surface area contributed by atoms with Crippen molar-refractivity contribution in [1.29, 1.82) is 0 Å². The van der Waals surface area contributed by atoms with Gasteiger partial charge < -0.3 is 5.32 Å². The van der Waals surface area contributed by atoms with Gasteiger partial charge in [0.15, 0.2) is 5.50 Å². The van der Waals surface area contributed by atoms with Crippen LogP contribution in [0.4, 0.5) is 0 Å². The molecule has 4 nitrogen and oxygen atoms in total. The number of carbonyl (C=O) groups is 1. The molecule has 0 aromatic heterocycles. The van der Waals surface area contributed by atoms with Gasteiger partial charge in [-0.05, 0) is 6.92 Å². The lowest BCUT2D eigenvalue weighted by Crippen LogP contribution is -2.47. The van der Waals surface area contributed by atoms with Gasteiger partial charge in [0.05, 0.1) is 0 Å². The van der Waals surface area contributed by atoms with E-state index in [1.54, 1.807) is 19.0 Å². The van der Waals surface area contributed by atoms with Crippen LogP contribution in [0.1, 0.15) is 6.92 Å². The molecule has 0 saturated carbocycles. The normalized spacial score (nSPS) is 25.9. The maximum atomic E-state index is 10.8. The second-order valence-corrected chi connectivity index (χ2v) is 2.60. The minimum Gasteiger partial charge on any atom is -0.321 e. The fourth-order valence-corrected chi connectivity index (χ4v) is 0.821. The molecule has 5 heteroatoms. The van der Waals surface area contributed by atoms with Crippen molar-refractivity contribution in [3.05, 3.63) is 0 Å². The van der Waals surface area contributed by atoms with Crippen LogP contribution >= 0.6 is 12.6 Å². The minimum absolute atomic E-state index is 0.155. The van der Waals surface area contributed by atoms with Crippen LogP contribution in [0.15, 0.2) is 5.10 Å². The Labute approximate surface area is 64.7 Å². The molecule has 56 valence electrons. The van der Waals surface area contributed by atoms with E-state index in [1.165, 1.54) is 0 Å². The molecule has 1 N–H and O–H groups in total. The third-order valence-corrected chi connectivity index (χ3v) is 1.71. The molecule has 1 atom stereocenters. The molecule has 1 rings (SSSR count). The molecule has 1 amide bonds. The van der Waals surface area contributed by atoms with E-state index in [0.29, 0.717) is 5.71 Å². The number of rotatable bonds is 0. The third-order valence-electron chi connectivity index (χ3n) is 1.25. The Kier molecular flexibility index (Phi) is 1.85. The van der Waals surface area contributed by atoms with E-state index < -0.39 is 0 Å². The van der Waals surface area contributed by atoms with E-state index in [1.807, 2.05) is 0 Å². The summed E-state index contributed by atoms with van der Waals surface area (Å²) in [4.78, 5) is 10.8. The van der Waals surface area contributed by atoms with Crippen molar-refractivity contribution in [3.8, 4) is 0 Å². The lowest BCUT2D eigenvalue weighted by atomic mass is 10.4. The Bertz CT molecular complexity index is 191. The van der Waals surface area contributed by atoms with Gasteiger partial charge in [-0.1, -0.05) is 0 Å². The molecule has 0 aliphatic carbocycles. The zero-order chi connectivity index (χ0) is 7.72. The number of thiol groups is 1. The first-order valence-electron chi connectivity index (χ1n) is 2.88. The average molecular weight is 159 g/mol. The van der Waals surface area contributed by atoms with E-state index in [9.17, 15) is 4.79 Å².